The van der Waals surface area contributed by atoms with Crippen LogP contribution in [0.4, 0.5) is 5.69 Å². The summed E-state index contributed by atoms with van der Waals surface area (Å²) in [5.41, 5.74) is 2.02. The Morgan fingerprint density at radius 3 is 2.38 bits per heavy atom. The van der Waals surface area contributed by atoms with Crippen LogP contribution in [0.3, 0.4) is 0 Å². The molecule has 0 aromatic heterocycles. The first-order valence-corrected chi connectivity index (χ1v) is 14.1. The first-order valence-electron chi connectivity index (χ1n) is 14.1. The number of nitriles is 1. The molecule has 7 nitrogen and oxygen atoms in total. The number of nitrogens with zero attached hydrogens (tertiary/aromatic N) is 4. The van der Waals surface area contributed by atoms with Crippen molar-refractivity contribution in [1.82, 2.24) is 10.2 Å². The van der Waals surface area contributed by atoms with Gasteiger partial charge in [-0.15, -0.1) is 0 Å². The van der Waals surface area contributed by atoms with Crippen LogP contribution in [0.5, 0.6) is 0 Å². The lowest BCUT2D eigenvalue weighted by atomic mass is 9.87. The van der Waals surface area contributed by atoms with Gasteiger partial charge in [0, 0.05) is 30.0 Å². The Kier molecular flexibility index (Phi) is 9.77. The van der Waals surface area contributed by atoms with Gasteiger partial charge in [0.15, 0.2) is 6.19 Å². The summed E-state index contributed by atoms with van der Waals surface area (Å²) in [6.07, 6.45) is 13.1. The number of aliphatic imine (C=N–C) groups is 1. The smallest absolute Gasteiger partial charge is 0.251 e. The van der Waals surface area contributed by atoms with Crippen LogP contribution < -0.4 is 10.2 Å². The van der Waals surface area contributed by atoms with Crippen molar-refractivity contribution in [2.75, 3.05) is 11.4 Å². The number of likely N-dealkylation sites (tertiary alicyclic amines) is 1. The topological polar surface area (TPSA) is 88.8 Å². The maximum Gasteiger partial charge on any atom is 0.251 e. The zero-order valence-corrected chi connectivity index (χ0v) is 24.5. The van der Waals surface area contributed by atoms with Gasteiger partial charge in [0.1, 0.15) is 12.1 Å². The molecule has 0 radical (unpaired) electrons. The number of hydrogen-bond donors (Lipinski definition) is 1. The predicted octanol–water partition coefficient (Wildman–Crippen LogP) is 5.88. The number of carbonyl (C=O) groups excluding carboxylic acids is 2. The maximum atomic E-state index is 14.5. The first-order chi connectivity index (χ1) is 18.4. The van der Waals surface area contributed by atoms with Gasteiger partial charge in [-0.2, -0.15) is 5.26 Å². The quantitative estimate of drug-likeness (QED) is 0.258. The molecule has 1 aromatic carbocycles. The molecule has 0 bridgehead atoms. The van der Waals surface area contributed by atoms with Crippen molar-refractivity contribution in [3.63, 3.8) is 0 Å². The van der Waals surface area contributed by atoms with Gasteiger partial charge >= 0.3 is 0 Å². The van der Waals surface area contributed by atoms with Gasteiger partial charge in [-0.05, 0) is 61.4 Å². The van der Waals surface area contributed by atoms with Gasteiger partial charge in [-0.1, -0.05) is 78.2 Å². The highest BCUT2D eigenvalue weighted by Crippen LogP contribution is 2.36. The van der Waals surface area contributed by atoms with Crippen molar-refractivity contribution in [2.45, 2.75) is 104 Å². The summed E-state index contributed by atoms with van der Waals surface area (Å²) in [5.74, 6) is -0.516. The molecular weight excluding hydrogens is 486 g/mol. The molecule has 1 heterocycles. The summed E-state index contributed by atoms with van der Waals surface area (Å²) in [6, 6.07) is 6.27. The van der Waals surface area contributed by atoms with Gasteiger partial charge in [0.25, 0.3) is 5.91 Å². The van der Waals surface area contributed by atoms with Crippen molar-refractivity contribution in [3.05, 3.63) is 53.8 Å². The number of hydrogen-bond acceptors (Lipinski definition) is 5. The molecule has 0 spiro atoms. The van der Waals surface area contributed by atoms with Crippen molar-refractivity contribution >= 4 is 24.2 Å². The number of allylic oxidation sites excluding steroid dienone is 1. The summed E-state index contributed by atoms with van der Waals surface area (Å²) in [5, 5.41) is 13.2. The van der Waals surface area contributed by atoms with Gasteiger partial charge in [0.2, 0.25) is 5.91 Å². The minimum absolute atomic E-state index is 0.0681. The van der Waals surface area contributed by atoms with E-state index in [1.807, 2.05) is 43.3 Å². The average Bonchev–Trinajstić information content (AvgIpc) is 3.21. The zero-order valence-electron chi connectivity index (χ0n) is 24.5. The molecule has 1 aromatic rings. The highest BCUT2D eigenvalue weighted by molar-refractivity contribution is 6.05. The summed E-state index contributed by atoms with van der Waals surface area (Å²) < 4.78 is 0. The van der Waals surface area contributed by atoms with Crippen molar-refractivity contribution in [2.24, 2.45) is 10.4 Å². The molecule has 1 aliphatic heterocycles. The van der Waals surface area contributed by atoms with Crippen molar-refractivity contribution in [3.8, 4) is 6.19 Å². The molecule has 7 heteroatoms. The number of benzene rings is 1. The molecule has 1 aliphatic carbocycles. The third-order valence-electron chi connectivity index (χ3n) is 7.76. The summed E-state index contributed by atoms with van der Waals surface area (Å²) >= 11 is 0. The highest BCUT2D eigenvalue weighted by Gasteiger charge is 2.46. The molecule has 1 saturated carbocycles. The molecule has 2 fully saturated rings. The SMILES string of the molecule is C=N/C=C(\C=C/C)C(C(=O)NC1CCCCC1)N(C(=O)C1CC(C)(C)CN1C#N)c1ccc(C(C)(C)C)cc1. The minimum atomic E-state index is -0.967. The number of amides is 2. The van der Waals surface area contributed by atoms with E-state index in [1.165, 1.54) is 6.42 Å². The highest BCUT2D eigenvalue weighted by atomic mass is 16.2. The number of carbonyl (C=O) groups is 2. The largest absolute Gasteiger partial charge is 0.351 e. The zero-order chi connectivity index (χ0) is 28.8. The lowest BCUT2D eigenvalue weighted by Crippen LogP contribution is -2.56. The summed E-state index contributed by atoms with van der Waals surface area (Å²) in [6.45, 7) is 16.5. The van der Waals surface area contributed by atoms with E-state index in [0.717, 1.165) is 31.2 Å². The molecule has 2 atom stereocenters. The normalized spacial score (nSPS) is 20.9. The van der Waals surface area contributed by atoms with E-state index in [4.69, 9.17) is 0 Å². The van der Waals surface area contributed by atoms with Gasteiger partial charge in [-0.3, -0.25) is 24.4 Å². The van der Waals surface area contributed by atoms with E-state index in [-0.39, 0.29) is 28.7 Å². The molecule has 2 unspecified atom stereocenters. The molecule has 1 N–H and O–H groups in total. The fraction of sp³-hybridized carbons (Fsp3) is 0.562. The fourth-order valence-corrected chi connectivity index (χ4v) is 5.73. The molecule has 2 aliphatic rings. The Balaban J connectivity index is 2.16. The van der Waals surface area contributed by atoms with E-state index in [0.29, 0.717) is 24.2 Å². The lowest BCUT2D eigenvalue weighted by Gasteiger charge is -2.36. The fourth-order valence-electron chi connectivity index (χ4n) is 5.73. The van der Waals surface area contributed by atoms with E-state index >= 15 is 0 Å². The average molecular weight is 532 g/mol. The standard InChI is InChI=1S/C32H45N5O2/c1-8-12-23(20-34-7)28(29(38)35-25-13-10-9-11-14-25)37(26-17-15-24(16-18-26)31(2,3)4)30(39)27-19-32(5,6)21-36(27)22-33/h8,12,15-18,20,25,27-28H,7,9-11,13-14,19,21H2,1-6H3,(H,35,38)/b12-8-,23-20+. The Hall–Kier alpha value is -3.40. The van der Waals surface area contributed by atoms with Crippen LogP contribution in [-0.2, 0) is 15.0 Å². The van der Waals surface area contributed by atoms with Crippen LogP contribution in [0, 0.1) is 16.9 Å². The van der Waals surface area contributed by atoms with Crippen LogP contribution in [0.1, 0.15) is 85.6 Å². The van der Waals surface area contributed by atoms with E-state index in [1.54, 1.807) is 16.0 Å². The molecule has 1 saturated heterocycles. The number of nitrogens with one attached hydrogen (secondary N) is 1. The Bertz CT molecular complexity index is 1130. The molecule has 2 amide bonds. The first kappa shape index (κ1) is 30.1. The number of rotatable bonds is 8. The summed E-state index contributed by atoms with van der Waals surface area (Å²) in [7, 11) is 0. The predicted molar refractivity (Wildman–Crippen MR) is 158 cm³/mol. The summed E-state index contributed by atoms with van der Waals surface area (Å²) in [4.78, 5) is 35.7. The number of anilines is 1. The maximum absolute atomic E-state index is 14.5. The van der Waals surface area contributed by atoms with Crippen LogP contribution in [0.25, 0.3) is 0 Å². The Morgan fingerprint density at radius 2 is 1.85 bits per heavy atom. The van der Waals surface area contributed by atoms with Crippen LogP contribution in [-0.4, -0.2) is 48.1 Å². The van der Waals surface area contributed by atoms with E-state index in [2.05, 4.69) is 57.8 Å². The van der Waals surface area contributed by atoms with Crippen LogP contribution in [0.2, 0.25) is 0 Å². The molecule has 3 rings (SSSR count). The van der Waals surface area contributed by atoms with Gasteiger partial charge < -0.3 is 5.32 Å². The lowest BCUT2D eigenvalue weighted by molar-refractivity contribution is -0.127. The van der Waals surface area contributed by atoms with E-state index < -0.39 is 12.1 Å². The van der Waals surface area contributed by atoms with Crippen LogP contribution >= 0.6 is 0 Å². The molecule has 210 valence electrons. The van der Waals surface area contributed by atoms with Gasteiger partial charge in [0.05, 0.1) is 0 Å². The molecule has 39 heavy (non-hydrogen) atoms. The van der Waals surface area contributed by atoms with Crippen molar-refractivity contribution < 1.29 is 9.59 Å². The Morgan fingerprint density at radius 1 is 1.21 bits per heavy atom. The second-order valence-corrected chi connectivity index (χ2v) is 12.7. The monoisotopic (exact) mass is 531 g/mol. The second-order valence-electron chi connectivity index (χ2n) is 12.7. The third-order valence-corrected chi connectivity index (χ3v) is 7.76. The van der Waals surface area contributed by atoms with Gasteiger partial charge in [-0.25, -0.2) is 0 Å². The van der Waals surface area contributed by atoms with Crippen molar-refractivity contribution in [1.29, 1.82) is 5.26 Å². The van der Waals surface area contributed by atoms with Crippen LogP contribution in [0.15, 0.2) is 53.2 Å². The second kappa shape index (κ2) is 12.6. The molecular formula is C32H45N5O2. The minimum Gasteiger partial charge on any atom is -0.351 e. The Labute approximate surface area is 234 Å². The third kappa shape index (κ3) is 7.38. The van der Waals surface area contributed by atoms with E-state index in [9.17, 15) is 14.9 Å².